The molecule has 0 radical (unpaired) electrons. The minimum absolute atomic E-state index is 0.108. The number of pyridine rings is 1. The van der Waals surface area contributed by atoms with Crippen molar-refractivity contribution >= 4 is 27.5 Å². The molecule has 0 saturated heterocycles. The molecule has 3 heterocycles. The number of aliphatic hydroxyl groups is 1. The van der Waals surface area contributed by atoms with Crippen molar-refractivity contribution < 1.29 is 5.11 Å². The summed E-state index contributed by atoms with van der Waals surface area (Å²) in [6, 6.07) is 12.8. The van der Waals surface area contributed by atoms with Gasteiger partial charge in [0.25, 0.3) is 0 Å². The van der Waals surface area contributed by atoms with Crippen LogP contribution in [0.1, 0.15) is 22.6 Å². The first-order valence-electron chi connectivity index (χ1n) is 8.35. The van der Waals surface area contributed by atoms with E-state index in [2.05, 4.69) is 42.0 Å². The molecule has 0 amide bonds. The third-order valence-electron chi connectivity index (χ3n) is 4.24. The summed E-state index contributed by atoms with van der Waals surface area (Å²) < 4.78 is 2.08. The number of hydrogen-bond acceptors (Lipinski definition) is 7. The van der Waals surface area contributed by atoms with Crippen molar-refractivity contribution in [1.82, 2.24) is 24.6 Å². The van der Waals surface area contributed by atoms with E-state index in [1.807, 2.05) is 12.1 Å². The molecule has 0 unspecified atom stereocenters. The SMILES string of the molecule is N#Cc1cccc(-c2nc(N)n3nc(Cc4ncccc4CO)nc3c2Br)c1. The van der Waals surface area contributed by atoms with E-state index in [4.69, 9.17) is 11.0 Å². The Bertz CT molecular complexity index is 1230. The molecule has 8 nitrogen and oxygen atoms in total. The van der Waals surface area contributed by atoms with Crippen LogP contribution in [0.3, 0.4) is 0 Å². The van der Waals surface area contributed by atoms with Gasteiger partial charge in [-0.15, -0.1) is 5.10 Å². The first-order valence-corrected chi connectivity index (χ1v) is 9.14. The molecular formula is C19H14BrN7O. The molecule has 4 aromatic rings. The average molecular weight is 436 g/mol. The maximum absolute atomic E-state index is 9.48. The average Bonchev–Trinajstić information content (AvgIpc) is 3.16. The number of rotatable bonds is 4. The number of fused-ring (bicyclic) bond motifs is 1. The number of nitrogens with zero attached hydrogens (tertiary/aromatic N) is 6. The third kappa shape index (κ3) is 3.19. The number of nitriles is 1. The molecule has 0 aliphatic heterocycles. The maximum atomic E-state index is 9.48. The predicted octanol–water partition coefficient (Wildman–Crippen LogP) is 2.49. The van der Waals surface area contributed by atoms with Crippen LogP contribution in [-0.2, 0) is 13.0 Å². The Morgan fingerprint density at radius 3 is 2.86 bits per heavy atom. The number of nitrogen functional groups attached to an aromatic ring is 1. The van der Waals surface area contributed by atoms with Gasteiger partial charge in [-0.1, -0.05) is 18.2 Å². The molecule has 0 aliphatic rings. The molecule has 0 atom stereocenters. The number of aromatic nitrogens is 5. The Balaban J connectivity index is 1.81. The zero-order valence-electron chi connectivity index (χ0n) is 14.5. The van der Waals surface area contributed by atoms with E-state index in [0.29, 0.717) is 39.3 Å². The van der Waals surface area contributed by atoms with Crippen molar-refractivity contribution in [3.05, 3.63) is 69.7 Å². The van der Waals surface area contributed by atoms with Crippen LogP contribution in [-0.4, -0.2) is 29.7 Å². The summed E-state index contributed by atoms with van der Waals surface area (Å²) in [4.78, 5) is 13.3. The van der Waals surface area contributed by atoms with Gasteiger partial charge in [0.05, 0.1) is 40.5 Å². The number of anilines is 1. The number of aliphatic hydroxyl groups excluding tert-OH is 1. The molecule has 0 bridgehead atoms. The van der Waals surface area contributed by atoms with Gasteiger partial charge in [-0.05, 0) is 39.7 Å². The number of halogens is 1. The van der Waals surface area contributed by atoms with Crippen LogP contribution >= 0.6 is 15.9 Å². The van der Waals surface area contributed by atoms with Gasteiger partial charge in [0.1, 0.15) is 0 Å². The largest absolute Gasteiger partial charge is 0.392 e. The Labute approximate surface area is 168 Å². The second-order valence-corrected chi connectivity index (χ2v) is 6.83. The summed E-state index contributed by atoms with van der Waals surface area (Å²) in [6.45, 7) is -0.108. The van der Waals surface area contributed by atoms with Gasteiger partial charge in [-0.3, -0.25) is 4.98 Å². The fraction of sp³-hybridized carbons (Fsp3) is 0.105. The highest BCUT2D eigenvalue weighted by Crippen LogP contribution is 2.31. The van der Waals surface area contributed by atoms with Crippen LogP contribution in [0.25, 0.3) is 16.9 Å². The molecule has 0 spiro atoms. The highest BCUT2D eigenvalue weighted by Gasteiger charge is 2.18. The van der Waals surface area contributed by atoms with Crippen molar-refractivity contribution in [3.63, 3.8) is 0 Å². The minimum Gasteiger partial charge on any atom is -0.392 e. The van der Waals surface area contributed by atoms with E-state index in [1.54, 1.807) is 30.5 Å². The fourth-order valence-corrected chi connectivity index (χ4v) is 3.47. The maximum Gasteiger partial charge on any atom is 0.223 e. The molecule has 4 rings (SSSR count). The Kier molecular flexibility index (Phi) is 4.73. The van der Waals surface area contributed by atoms with Crippen LogP contribution in [0.15, 0.2) is 47.1 Å². The normalized spacial score (nSPS) is 10.9. The lowest BCUT2D eigenvalue weighted by molar-refractivity contribution is 0.280. The Morgan fingerprint density at radius 2 is 2.07 bits per heavy atom. The minimum atomic E-state index is -0.108. The van der Waals surface area contributed by atoms with E-state index in [0.717, 1.165) is 11.1 Å². The summed E-state index contributed by atoms with van der Waals surface area (Å²) in [5.74, 6) is 0.684. The summed E-state index contributed by atoms with van der Waals surface area (Å²) in [5.41, 5.74) is 9.89. The summed E-state index contributed by atoms with van der Waals surface area (Å²) in [7, 11) is 0. The summed E-state index contributed by atoms with van der Waals surface area (Å²) in [6.07, 6.45) is 2.01. The highest BCUT2D eigenvalue weighted by molar-refractivity contribution is 9.10. The standard InChI is InChI=1S/C19H14BrN7O/c20-16-17(12-4-1-3-11(7-12)9-21)25-19(22)27-18(16)24-15(26-27)8-14-13(10-28)5-2-6-23-14/h1-7,28H,8,10H2,(H2,22,25). The van der Waals surface area contributed by atoms with Crippen LogP contribution < -0.4 is 5.73 Å². The van der Waals surface area contributed by atoms with Crippen LogP contribution in [0.5, 0.6) is 0 Å². The lowest BCUT2D eigenvalue weighted by Crippen LogP contribution is -2.05. The molecule has 0 fully saturated rings. The van der Waals surface area contributed by atoms with Gasteiger partial charge < -0.3 is 10.8 Å². The van der Waals surface area contributed by atoms with Crippen molar-refractivity contribution in [2.75, 3.05) is 5.73 Å². The lowest BCUT2D eigenvalue weighted by atomic mass is 10.1. The lowest BCUT2D eigenvalue weighted by Gasteiger charge is -2.07. The molecule has 0 aliphatic carbocycles. The number of benzene rings is 1. The van der Waals surface area contributed by atoms with Crippen LogP contribution in [0.2, 0.25) is 0 Å². The van der Waals surface area contributed by atoms with Crippen LogP contribution in [0.4, 0.5) is 5.95 Å². The molecular weight excluding hydrogens is 422 g/mol. The summed E-state index contributed by atoms with van der Waals surface area (Å²) in [5, 5.41) is 23.0. The van der Waals surface area contributed by atoms with Crippen molar-refractivity contribution in [1.29, 1.82) is 5.26 Å². The zero-order chi connectivity index (χ0) is 19.7. The van der Waals surface area contributed by atoms with E-state index in [-0.39, 0.29) is 12.6 Å². The topological polar surface area (TPSA) is 126 Å². The molecule has 28 heavy (non-hydrogen) atoms. The van der Waals surface area contributed by atoms with E-state index >= 15 is 0 Å². The third-order valence-corrected chi connectivity index (χ3v) is 4.97. The Hall–Kier alpha value is -3.35. The second kappa shape index (κ2) is 7.34. The molecule has 3 N–H and O–H groups in total. The fourth-order valence-electron chi connectivity index (χ4n) is 2.90. The van der Waals surface area contributed by atoms with Gasteiger partial charge >= 0.3 is 0 Å². The van der Waals surface area contributed by atoms with Crippen LogP contribution in [0, 0.1) is 11.3 Å². The molecule has 138 valence electrons. The molecule has 3 aromatic heterocycles. The van der Waals surface area contributed by atoms with E-state index in [9.17, 15) is 5.11 Å². The monoisotopic (exact) mass is 435 g/mol. The van der Waals surface area contributed by atoms with E-state index in [1.165, 1.54) is 4.52 Å². The molecule has 9 heteroatoms. The molecule has 0 saturated carbocycles. The quantitative estimate of drug-likeness (QED) is 0.503. The first kappa shape index (κ1) is 18.0. The number of nitrogens with two attached hydrogens (primary N) is 1. The van der Waals surface area contributed by atoms with Crippen molar-refractivity contribution in [3.8, 4) is 17.3 Å². The van der Waals surface area contributed by atoms with Crippen molar-refractivity contribution in [2.45, 2.75) is 13.0 Å². The second-order valence-electron chi connectivity index (χ2n) is 6.03. The van der Waals surface area contributed by atoms with Gasteiger partial charge in [0, 0.05) is 11.8 Å². The Morgan fingerprint density at radius 1 is 1.21 bits per heavy atom. The molecule has 1 aromatic carbocycles. The highest BCUT2D eigenvalue weighted by atomic mass is 79.9. The van der Waals surface area contributed by atoms with Gasteiger partial charge in [-0.2, -0.15) is 9.78 Å². The first-order chi connectivity index (χ1) is 13.6. The smallest absolute Gasteiger partial charge is 0.223 e. The van der Waals surface area contributed by atoms with E-state index < -0.39 is 0 Å². The van der Waals surface area contributed by atoms with Gasteiger partial charge in [-0.25, -0.2) is 9.97 Å². The van der Waals surface area contributed by atoms with Crippen molar-refractivity contribution in [2.24, 2.45) is 0 Å². The zero-order valence-corrected chi connectivity index (χ0v) is 16.1. The summed E-state index contributed by atoms with van der Waals surface area (Å²) >= 11 is 3.55. The van der Waals surface area contributed by atoms with Gasteiger partial charge in [0.15, 0.2) is 11.5 Å². The van der Waals surface area contributed by atoms with Gasteiger partial charge in [0.2, 0.25) is 5.95 Å². The number of hydrogen-bond donors (Lipinski definition) is 2. The predicted molar refractivity (Wildman–Crippen MR) is 106 cm³/mol.